The molecule has 0 heterocycles. The smallest absolute Gasteiger partial charge is 0.147 e. The summed E-state index contributed by atoms with van der Waals surface area (Å²) >= 11 is 0. The van der Waals surface area contributed by atoms with Crippen molar-refractivity contribution in [2.24, 2.45) is 0 Å². The molecule has 4 N–H and O–H groups in total. The molecule has 2 unspecified atom stereocenters. The lowest BCUT2D eigenvalue weighted by molar-refractivity contribution is -0.121. The standard InChI is InChI=1S/C19H22O5/c1-9-5-13(20)17(14(21)6-9)11(3)19(24)12(4)18-15(22)7-10(2)8-16(18)23/h5-8,11-12,20-23H,1-4H3. The van der Waals surface area contributed by atoms with Crippen LogP contribution in [0.2, 0.25) is 0 Å². The topological polar surface area (TPSA) is 98.0 Å². The van der Waals surface area contributed by atoms with Gasteiger partial charge in [0.1, 0.15) is 28.8 Å². The first kappa shape index (κ1) is 17.7. The summed E-state index contributed by atoms with van der Waals surface area (Å²) in [5, 5.41) is 40.3. The maximum atomic E-state index is 12.8. The van der Waals surface area contributed by atoms with Crippen LogP contribution in [0.1, 0.15) is 47.9 Å². The number of aromatic hydroxyl groups is 4. The molecule has 2 atom stereocenters. The van der Waals surface area contributed by atoms with Crippen molar-refractivity contribution in [1.82, 2.24) is 0 Å². The van der Waals surface area contributed by atoms with Gasteiger partial charge in [0.25, 0.3) is 0 Å². The summed E-state index contributed by atoms with van der Waals surface area (Å²) in [6.07, 6.45) is 0. The third-order valence-electron chi connectivity index (χ3n) is 4.28. The largest absolute Gasteiger partial charge is 0.507 e. The molecule has 0 bridgehead atoms. The lowest BCUT2D eigenvalue weighted by Gasteiger charge is -2.20. The number of hydrogen-bond donors (Lipinski definition) is 4. The highest BCUT2D eigenvalue weighted by atomic mass is 16.3. The van der Waals surface area contributed by atoms with Gasteiger partial charge in [-0.25, -0.2) is 0 Å². The first-order valence-electron chi connectivity index (χ1n) is 7.72. The molecule has 2 aromatic rings. The third kappa shape index (κ3) is 3.15. The van der Waals surface area contributed by atoms with Gasteiger partial charge in [0.2, 0.25) is 0 Å². The van der Waals surface area contributed by atoms with E-state index in [1.165, 1.54) is 24.3 Å². The summed E-state index contributed by atoms with van der Waals surface area (Å²) in [4.78, 5) is 12.8. The minimum absolute atomic E-state index is 0.142. The molecule has 0 aliphatic carbocycles. The Morgan fingerprint density at radius 3 is 1.21 bits per heavy atom. The highest BCUT2D eigenvalue weighted by Gasteiger charge is 2.30. The van der Waals surface area contributed by atoms with Crippen LogP contribution in [-0.4, -0.2) is 26.2 Å². The first-order chi connectivity index (χ1) is 11.1. The van der Waals surface area contributed by atoms with E-state index in [1.54, 1.807) is 27.7 Å². The van der Waals surface area contributed by atoms with Crippen molar-refractivity contribution < 1.29 is 25.2 Å². The average molecular weight is 330 g/mol. The van der Waals surface area contributed by atoms with Crippen LogP contribution in [0.15, 0.2) is 24.3 Å². The fourth-order valence-electron chi connectivity index (χ4n) is 3.07. The Kier molecular flexibility index (Phi) is 4.73. The van der Waals surface area contributed by atoms with Crippen LogP contribution in [0, 0.1) is 13.8 Å². The second-order valence-corrected chi connectivity index (χ2v) is 6.28. The second-order valence-electron chi connectivity index (χ2n) is 6.28. The van der Waals surface area contributed by atoms with Crippen LogP contribution < -0.4 is 0 Å². The SMILES string of the molecule is Cc1cc(O)c(C(C)C(=O)C(C)c2c(O)cc(C)cc2O)c(O)c1. The Morgan fingerprint density at radius 1 is 0.708 bits per heavy atom. The number of phenols is 4. The number of benzene rings is 2. The Bertz CT molecular complexity index is 683. The number of rotatable bonds is 4. The zero-order chi connectivity index (χ0) is 18.2. The molecule has 0 aliphatic heterocycles. The molecule has 0 spiro atoms. The molecule has 2 rings (SSSR count). The molecule has 128 valence electrons. The molecule has 5 nitrogen and oxygen atoms in total. The van der Waals surface area contributed by atoms with E-state index in [0.717, 1.165) is 0 Å². The molecule has 0 saturated heterocycles. The minimum atomic E-state index is -0.805. The molecule has 2 aromatic carbocycles. The fourth-order valence-corrected chi connectivity index (χ4v) is 3.07. The van der Waals surface area contributed by atoms with Gasteiger partial charge < -0.3 is 20.4 Å². The lowest BCUT2D eigenvalue weighted by Crippen LogP contribution is -2.17. The van der Waals surface area contributed by atoms with Crippen molar-refractivity contribution in [3.8, 4) is 23.0 Å². The second kappa shape index (κ2) is 6.43. The van der Waals surface area contributed by atoms with E-state index in [2.05, 4.69) is 0 Å². The molecule has 0 fully saturated rings. The predicted octanol–water partition coefficient (Wildman–Crippen LogP) is 3.60. The van der Waals surface area contributed by atoms with Crippen molar-refractivity contribution in [3.63, 3.8) is 0 Å². The van der Waals surface area contributed by atoms with Gasteiger partial charge in [-0.15, -0.1) is 0 Å². The summed E-state index contributed by atoms with van der Waals surface area (Å²) in [7, 11) is 0. The lowest BCUT2D eigenvalue weighted by atomic mass is 9.84. The Morgan fingerprint density at radius 2 is 0.958 bits per heavy atom. The molecular weight excluding hydrogens is 308 g/mol. The van der Waals surface area contributed by atoms with E-state index >= 15 is 0 Å². The van der Waals surface area contributed by atoms with E-state index in [9.17, 15) is 25.2 Å². The highest BCUT2D eigenvalue weighted by molar-refractivity contribution is 5.93. The third-order valence-corrected chi connectivity index (χ3v) is 4.28. The monoisotopic (exact) mass is 330 g/mol. The van der Waals surface area contributed by atoms with E-state index in [1.807, 2.05) is 0 Å². The number of phenolic OH excluding ortho intramolecular Hbond substituents is 4. The first-order valence-corrected chi connectivity index (χ1v) is 7.72. The summed E-state index contributed by atoms with van der Waals surface area (Å²) in [5.74, 6) is -2.56. The fraction of sp³-hybridized carbons (Fsp3) is 0.316. The van der Waals surface area contributed by atoms with Crippen molar-refractivity contribution in [2.45, 2.75) is 39.5 Å². The van der Waals surface area contributed by atoms with Gasteiger partial charge in [-0.3, -0.25) is 4.79 Å². The molecule has 0 radical (unpaired) electrons. The van der Waals surface area contributed by atoms with E-state index < -0.39 is 11.8 Å². The van der Waals surface area contributed by atoms with Crippen LogP contribution >= 0.6 is 0 Å². The molecular formula is C19H22O5. The Balaban J connectivity index is 2.42. The average Bonchev–Trinajstić information content (AvgIpc) is 2.43. The minimum Gasteiger partial charge on any atom is -0.507 e. The van der Waals surface area contributed by atoms with Gasteiger partial charge in [0, 0.05) is 23.0 Å². The van der Waals surface area contributed by atoms with Crippen LogP contribution in [-0.2, 0) is 4.79 Å². The maximum absolute atomic E-state index is 12.8. The van der Waals surface area contributed by atoms with Gasteiger partial charge in [-0.2, -0.15) is 0 Å². The molecule has 0 aromatic heterocycles. The van der Waals surface area contributed by atoms with Crippen LogP contribution in [0.3, 0.4) is 0 Å². The zero-order valence-corrected chi connectivity index (χ0v) is 14.2. The number of hydrogen-bond acceptors (Lipinski definition) is 5. The summed E-state index contributed by atoms with van der Waals surface area (Å²) < 4.78 is 0. The van der Waals surface area contributed by atoms with Gasteiger partial charge in [0.15, 0.2) is 0 Å². The number of carbonyl (C=O) groups excluding carboxylic acids is 1. The van der Waals surface area contributed by atoms with E-state index in [0.29, 0.717) is 11.1 Å². The highest BCUT2D eigenvalue weighted by Crippen LogP contribution is 2.41. The van der Waals surface area contributed by atoms with Crippen molar-refractivity contribution in [2.75, 3.05) is 0 Å². The maximum Gasteiger partial charge on any atom is 0.147 e. The van der Waals surface area contributed by atoms with Gasteiger partial charge >= 0.3 is 0 Å². The quantitative estimate of drug-likeness (QED) is 0.686. The number of ketones is 1. The van der Waals surface area contributed by atoms with Crippen molar-refractivity contribution in [3.05, 3.63) is 46.5 Å². The van der Waals surface area contributed by atoms with Crippen LogP contribution in [0.4, 0.5) is 0 Å². The Hall–Kier alpha value is -2.69. The van der Waals surface area contributed by atoms with Crippen LogP contribution in [0.25, 0.3) is 0 Å². The molecule has 0 saturated carbocycles. The molecule has 5 heteroatoms. The normalized spacial score (nSPS) is 13.5. The van der Waals surface area contributed by atoms with Crippen LogP contribution in [0.5, 0.6) is 23.0 Å². The number of Topliss-reactive ketones (excluding diaryl/α,β-unsaturated/α-hetero) is 1. The van der Waals surface area contributed by atoms with Crippen molar-refractivity contribution >= 4 is 5.78 Å². The number of aryl methyl sites for hydroxylation is 2. The number of carbonyl (C=O) groups is 1. The van der Waals surface area contributed by atoms with Gasteiger partial charge in [-0.05, 0) is 49.2 Å². The summed E-state index contributed by atoms with van der Waals surface area (Å²) in [5.41, 5.74) is 1.64. The molecule has 24 heavy (non-hydrogen) atoms. The molecule has 0 aliphatic rings. The summed E-state index contributed by atoms with van der Waals surface area (Å²) in [6.45, 7) is 6.60. The Labute approximate surface area is 140 Å². The van der Waals surface area contributed by atoms with E-state index in [4.69, 9.17) is 0 Å². The van der Waals surface area contributed by atoms with Gasteiger partial charge in [-0.1, -0.05) is 13.8 Å². The van der Waals surface area contributed by atoms with Gasteiger partial charge in [0.05, 0.1) is 0 Å². The predicted molar refractivity (Wildman–Crippen MR) is 90.9 cm³/mol. The van der Waals surface area contributed by atoms with Crippen molar-refractivity contribution in [1.29, 1.82) is 0 Å². The molecule has 0 amide bonds. The summed E-state index contributed by atoms with van der Waals surface area (Å²) in [6, 6.07) is 5.91. The van der Waals surface area contributed by atoms with E-state index in [-0.39, 0.29) is 39.9 Å². The zero-order valence-electron chi connectivity index (χ0n) is 14.2.